The van der Waals surface area contributed by atoms with Crippen molar-refractivity contribution < 1.29 is 14.3 Å². The van der Waals surface area contributed by atoms with Crippen molar-refractivity contribution in [2.24, 2.45) is 0 Å². The molecule has 29 heavy (non-hydrogen) atoms. The SMILES string of the molecule is O=C(CC(c1ccccc1)c1ccccc1)OCC(=O)N1CCc2ccccc21. The van der Waals surface area contributed by atoms with Gasteiger partial charge >= 0.3 is 5.97 Å². The molecule has 1 amide bonds. The number of hydrogen-bond acceptors (Lipinski definition) is 3. The van der Waals surface area contributed by atoms with Crippen LogP contribution in [-0.2, 0) is 20.7 Å². The average Bonchev–Trinajstić information content (AvgIpc) is 3.21. The number of benzene rings is 3. The van der Waals surface area contributed by atoms with Crippen molar-refractivity contribution in [3.8, 4) is 0 Å². The first-order chi connectivity index (χ1) is 14.2. The van der Waals surface area contributed by atoms with Crippen LogP contribution in [0.2, 0.25) is 0 Å². The molecule has 0 saturated heterocycles. The normalized spacial score (nSPS) is 12.7. The van der Waals surface area contributed by atoms with E-state index < -0.39 is 0 Å². The summed E-state index contributed by atoms with van der Waals surface area (Å²) in [6, 6.07) is 27.7. The number of ether oxygens (including phenoxy) is 1. The molecule has 4 rings (SSSR count). The van der Waals surface area contributed by atoms with Crippen molar-refractivity contribution in [3.05, 3.63) is 102 Å². The smallest absolute Gasteiger partial charge is 0.307 e. The third-order valence-corrected chi connectivity index (χ3v) is 5.32. The molecule has 3 aromatic rings. The molecule has 0 N–H and O–H groups in total. The highest BCUT2D eigenvalue weighted by atomic mass is 16.5. The van der Waals surface area contributed by atoms with Gasteiger partial charge in [-0.3, -0.25) is 9.59 Å². The van der Waals surface area contributed by atoms with Gasteiger partial charge in [0, 0.05) is 18.2 Å². The lowest BCUT2D eigenvalue weighted by Crippen LogP contribution is -2.33. The molecule has 1 aliphatic heterocycles. The Morgan fingerprint density at radius 3 is 2.07 bits per heavy atom. The number of nitrogens with zero attached hydrogens (tertiary/aromatic N) is 1. The summed E-state index contributed by atoms with van der Waals surface area (Å²) in [5, 5.41) is 0. The van der Waals surface area contributed by atoms with E-state index in [2.05, 4.69) is 0 Å². The van der Waals surface area contributed by atoms with E-state index in [1.54, 1.807) is 4.90 Å². The Morgan fingerprint density at radius 1 is 0.828 bits per heavy atom. The van der Waals surface area contributed by atoms with E-state index in [4.69, 9.17) is 4.74 Å². The van der Waals surface area contributed by atoms with Crippen molar-refractivity contribution in [3.63, 3.8) is 0 Å². The average molecular weight is 385 g/mol. The van der Waals surface area contributed by atoms with E-state index in [1.165, 1.54) is 0 Å². The molecule has 146 valence electrons. The maximum atomic E-state index is 12.6. The molecule has 0 aliphatic carbocycles. The first-order valence-electron chi connectivity index (χ1n) is 9.86. The number of carbonyl (C=O) groups excluding carboxylic acids is 2. The molecule has 1 heterocycles. The van der Waals surface area contributed by atoms with E-state index in [9.17, 15) is 9.59 Å². The molecule has 0 saturated carbocycles. The number of rotatable bonds is 6. The molecule has 0 radical (unpaired) electrons. The summed E-state index contributed by atoms with van der Waals surface area (Å²) in [6.45, 7) is 0.399. The van der Waals surface area contributed by atoms with Crippen LogP contribution in [0.25, 0.3) is 0 Å². The summed E-state index contributed by atoms with van der Waals surface area (Å²) in [7, 11) is 0. The molecule has 0 spiro atoms. The second kappa shape index (κ2) is 8.74. The fraction of sp³-hybridized carbons (Fsp3) is 0.200. The van der Waals surface area contributed by atoms with Gasteiger partial charge in [-0.05, 0) is 29.2 Å². The number of esters is 1. The van der Waals surface area contributed by atoms with Gasteiger partial charge in [-0.1, -0.05) is 78.9 Å². The zero-order valence-electron chi connectivity index (χ0n) is 16.2. The van der Waals surface area contributed by atoms with Crippen molar-refractivity contribution in [1.29, 1.82) is 0 Å². The van der Waals surface area contributed by atoms with Crippen molar-refractivity contribution in [2.75, 3.05) is 18.1 Å². The number of hydrogen-bond donors (Lipinski definition) is 0. The molecule has 0 fully saturated rings. The molecular formula is C25H23NO3. The van der Waals surface area contributed by atoms with Crippen LogP contribution in [0.15, 0.2) is 84.9 Å². The lowest BCUT2D eigenvalue weighted by Gasteiger charge is -2.19. The summed E-state index contributed by atoms with van der Waals surface area (Å²) >= 11 is 0. The summed E-state index contributed by atoms with van der Waals surface area (Å²) in [6.07, 6.45) is 1.03. The van der Waals surface area contributed by atoms with Gasteiger partial charge in [0.25, 0.3) is 5.91 Å². The van der Waals surface area contributed by atoms with Gasteiger partial charge in [-0.2, -0.15) is 0 Å². The summed E-state index contributed by atoms with van der Waals surface area (Å²) in [5.41, 5.74) is 4.17. The fourth-order valence-corrected chi connectivity index (χ4v) is 3.84. The topological polar surface area (TPSA) is 46.6 Å². The molecule has 4 nitrogen and oxygen atoms in total. The molecule has 0 aromatic heterocycles. The van der Waals surface area contributed by atoms with Crippen LogP contribution in [0.4, 0.5) is 5.69 Å². The summed E-state index contributed by atoms with van der Waals surface area (Å²) < 4.78 is 5.37. The van der Waals surface area contributed by atoms with Gasteiger partial charge in [-0.15, -0.1) is 0 Å². The maximum Gasteiger partial charge on any atom is 0.307 e. The molecule has 1 aliphatic rings. The lowest BCUT2D eigenvalue weighted by atomic mass is 9.89. The second-order valence-corrected chi connectivity index (χ2v) is 7.16. The number of carbonyl (C=O) groups is 2. The molecule has 0 unspecified atom stereocenters. The van der Waals surface area contributed by atoms with Crippen molar-refractivity contribution in [1.82, 2.24) is 0 Å². The highest BCUT2D eigenvalue weighted by Gasteiger charge is 2.25. The largest absolute Gasteiger partial charge is 0.456 e. The predicted molar refractivity (Wildman–Crippen MR) is 113 cm³/mol. The van der Waals surface area contributed by atoms with Crippen LogP contribution < -0.4 is 4.90 Å². The molecule has 3 aromatic carbocycles. The van der Waals surface area contributed by atoms with Crippen LogP contribution in [0.1, 0.15) is 29.0 Å². The quantitative estimate of drug-likeness (QED) is 0.593. The zero-order chi connectivity index (χ0) is 20.1. The maximum absolute atomic E-state index is 12.6. The second-order valence-electron chi connectivity index (χ2n) is 7.16. The van der Waals surface area contributed by atoms with Gasteiger partial charge in [0.1, 0.15) is 0 Å². The van der Waals surface area contributed by atoms with Gasteiger partial charge in [0.15, 0.2) is 6.61 Å². The first-order valence-corrected chi connectivity index (χ1v) is 9.86. The Balaban J connectivity index is 1.41. The van der Waals surface area contributed by atoms with Crippen LogP contribution in [-0.4, -0.2) is 25.0 Å². The third-order valence-electron chi connectivity index (χ3n) is 5.32. The van der Waals surface area contributed by atoms with Crippen LogP contribution in [0.5, 0.6) is 0 Å². The van der Waals surface area contributed by atoms with E-state index >= 15 is 0 Å². The zero-order valence-corrected chi connectivity index (χ0v) is 16.2. The Hall–Kier alpha value is -3.40. The minimum absolute atomic E-state index is 0.104. The number of para-hydroxylation sites is 1. The lowest BCUT2D eigenvalue weighted by molar-refractivity contribution is -0.148. The van der Waals surface area contributed by atoms with E-state index in [0.717, 1.165) is 28.8 Å². The first kappa shape index (κ1) is 18.9. The van der Waals surface area contributed by atoms with Gasteiger partial charge < -0.3 is 9.64 Å². The third kappa shape index (κ3) is 4.37. The molecular weight excluding hydrogens is 362 g/mol. The van der Waals surface area contributed by atoms with Crippen molar-refractivity contribution in [2.45, 2.75) is 18.8 Å². The Labute approximate surface area is 170 Å². The minimum atomic E-state index is -0.372. The van der Waals surface area contributed by atoms with Crippen LogP contribution in [0, 0.1) is 0 Å². The fourth-order valence-electron chi connectivity index (χ4n) is 3.84. The molecule has 0 bridgehead atoms. The van der Waals surface area contributed by atoms with Gasteiger partial charge in [-0.25, -0.2) is 0 Å². The van der Waals surface area contributed by atoms with E-state index in [-0.39, 0.29) is 30.8 Å². The van der Waals surface area contributed by atoms with Gasteiger partial charge in [0.05, 0.1) is 6.42 Å². The summed E-state index contributed by atoms with van der Waals surface area (Å²) in [5.74, 6) is -0.657. The number of amides is 1. The monoisotopic (exact) mass is 385 g/mol. The minimum Gasteiger partial charge on any atom is -0.456 e. The number of fused-ring (bicyclic) bond motifs is 1. The Bertz CT molecular complexity index is 946. The van der Waals surface area contributed by atoms with Crippen molar-refractivity contribution >= 4 is 17.6 Å². The number of anilines is 1. The summed E-state index contributed by atoms with van der Waals surface area (Å²) in [4.78, 5) is 26.9. The highest BCUT2D eigenvalue weighted by molar-refractivity contribution is 5.97. The van der Waals surface area contributed by atoms with E-state index in [1.807, 2.05) is 84.9 Å². The highest BCUT2D eigenvalue weighted by Crippen LogP contribution is 2.29. The van der Waals surface area contributed by atoms with Crippen LogP contribution >= 0.6 is 0 Å². The molecule has 4 heteroatoms. The standard InChI is InChI=1S/C25H23NO3/c27-24(26-16-15-21-13-7-8-14-23(21)26)18-29-25(28)17-22(19-9-3-1-4-10-19)20-11-5-2-6-12-20/h1-14,22H,15-18H2. The van der Waals surface area contributed by atoms with Gasteiger partial charge in [0.2, 0.25) is 0 Å². The van der Waals surface area contributed by atoms with E-state index in [0.29, 0.717) is 6.54 Å². The molecule has 0 atom stereocenters. The predicted octanol–water partition coefficient (Wildman–Crippen LogP) is 4.34. The Kier molecular flexibility index (Phi) is 5.71. The van der Waals surface area contributed by atoms with Crippen LogP contribution in [0.3, 0.4) is 0 Å². The Morgan fingerprint density at radius 2 is 1.41 bits per heavy atom.